The Labute approximate surface area is 150 Å². The Morgan fingerprint density at radius 1 is 1.36 bits per heavy atom. The first-order chi connectivity index (χ1) is 12.0. The van der Waals surface area contributed by atoms with E-state index >= 15 is 0 Å². The Morgan fingerprint density at radius 2 is 2.16 bits per heavy atom. The molecule has 0 aromatic carbocycles. The van der Waals surface area contributed by atoms with Crippen molar-refractivity contribution >= 4 is 17.7 Å². The zero-order valence-electron chi connectivity index (χ0n) is 14.4. The molecule has 7 heteroatoms. The molecule has 2 aliphatic rings. The summed E-state index contributed by atoms with van der Waals surface area (Å²) < 4.78 is 7.02. The van der Waals surface area contributed by atoms with E-state index < -0.39 is 0 Å². The van der Waals surface area contributed by atoms with Gasteiger partial charge in [-0.2, -0.15) is 16.9 Å². The van der Waals surface area contributed by atoms with E-state index in [1.54, 1.807) is 16.8 Å². The fourth-order valence-electron chi connectivity index (χ4n) is 3.49. The Kier molecular flexibility index (Phi) is 4.19. The third-order valence-corrected chi connectivity index (χ3v) is 5.86. The van der Waals surface area contributed by atoms with E-state index in [-0.39, 0.29) is 17.4 Å². The molecule has 0 radical (unpaired) electrons. The number of nitrogens with zero attached hydrogens (tertiary/aromatic N) is 3. The molecule has 0 spiro atoms. The number of thioether (sulfide) groups is 1. The van der Waals surface area contributed by atoms with E-state index in [9.17, 15) is 9.59 Å². The molecule has 1 amide bonds. The summed E-state index contributed by atoms with van der Waals surface area (Å²) in [5, 5.41) is 4.55. The number of hydrogen-bond acceptors (Lipinski definition) is 5. The van der Waals surface area contributed by atoms with Gasteiger partial charge in [0.15, 0.2) is 0 Å². The van der Waals surface area contributed by atoms with Crippen LogP contribution in [-0.4, -0.2) is 39.4 Å². The molecule has 132 valence electrons. The second-order valence-electron chi connectivity index (χ2n) is 6.84. The summed E-state index contributed by atoms with van der Waals surface area (Å²) in [6.45, 7) is 5.54. The molecule has 0 atom stereocenters. The number of rotatable bonds is 3. The number of carbonyl (C=O) groups excluding carboxylic acids is 1. The van der Waals surface area contributed by atoms with Crippen LogP contribution in [0.25, 0.3) is 0 Å². The van der Waals surface area contributed by atoms with Crippen molar-refractivity contribution in [2.75, 3.05) is 18.8 Å². The number of furan rings is 1. The maximum Gasteiger partial charge on any atom is 0.267 e. The zero-order valence-corrected chi connectivity index (χ0v) is 15.3. The fourth-order valence-corrected chi connectivity index (χ4v) is 4.44. The third-order valence-electron chi connectivity index (χ3n) is 4.85. The van der Waals surface area contributed by atoms with Gasteiger partial charge >= 0.3 is 0 Å². The van der Waals surface area contributed by atoms with Crippen LogP contribution in [0.15, 0.2) is 21.3 Å². The highest BCUT2D eigenvalue weighted by atomic mass is 32.2. The van der Waals surface area contributed by atoms with Crippen molar-refractivity contribution in [3.63, 3.8) is 0 Å². The molecule has 2 aromatic heterocycles. The molecule has 25 heavy (non-hydrogen) atoms. The zero-order chi connectivity index (χ0) is 17.6. The van der Waals surface area contributed by atoms with Crippen LogP contribution in [0.2, 0.25) is 0 Å². The molecule has 4 rings (SSSR count). The first kappa shape index (κ1) is 16.4. The summed E-state index contributed by atoms with van der Waals surface area (Å²) in [6.07, 6.45) is 0.925. The highest BCUT2D eigenvalue weighted by molar-refractivity contribution is 7.98. The Morgan fingerprint density at radius 3 is 2.88 bits per heavy atom. The molecule has 0 bridgehead atoms. The molecule has 4 heterocycles. The maximum absolute atomic E-state index is 12.5. The number of likely N-dealkylation sites (tertiary alicyclic amines) is 1. The Hall–Kier alpha value is -2.02. The molecule has 6 nitrogen and oxygen atoms in total. The molecular formula is C18H21N3O3S. The first-order valence-corrected chi connectivity index (χ1v) is 9.70. The molecule has 1 saturated heterocycles. The minimum absolute atomic E-state index is 0.00775. The maximum atomic E-state index is 12.5. The van der Waals surface area contributed by atoms with Gasteiger partial charge in [0.1, 0.15) is 11.5 Å². The van der Waals surface area contributed by atoms with Gasteiger partial charge in [-0.3, -0.25) is 9.59 Å². The summed E-state index contributed by atoms with van der Waals surface area (Å²) >= 11 is 1.85. The van der Waals surface area contributed by atoms with Gasteiger partial charge in [-0.15, -0.1) is 0 Å². The van der Waals surface area contributed by atoms with E-state index in [2.05, 4.69) is 5.10 Å². The van der Waals surface area contributed by atoms with Crippen LogP contribution in [0.4, 0.5) is 0 Å². The van der Waals surface area contributed by atoms with E-state index in [1.165, 1.54) is 0 Å². The molecule has 0 saturated carbocycles. The Balaban J connectivity index is 1.41. The number of amides is 1. The summed E-state index contributed by atoms with van der Waals surface area (Å²) in [6, 6.07) is 3.52. The second-order valence-corrected chi connectivity index (χ2v) is 7.95. The fraction of sp³-hybridized carbons (Fsp3) is 0.500. The summed E-state index contributed by atoms with van der Waals surface area (Å²) in [4.78, 5) is 26.6. The van der Waals surface area contributed by atoms with E-state index in [0.29, 0.717) is 31.0 Å². The highest BCUT2D eigenvalue weighted by Gasteiger charge is 2.33. The van der Waals surface area contributed by atoms with Crippen LogP contribution in [0, 0.1) is 19.8 Å². The van der Waals surface area contributed by atoms with Crippen LogP contribution in [0.3, 0.4) is 0 Å². The monoisotopic (exact) mass is 359 g/mol. The lowest BCUT2D eigenvalue weighted by atomic mass is 9.99. The van der Waals surface area contributed by atoms with Gasteiger partial charge in [-0.05, 0) is 31.2 Å². The SMILES string of the molecule is Cc1cc(C(=O)N2CC(Cn3nc4c(cc3=O)CSCC4)C2)c(C)o1. The molecule has 2 aromatic rings. The van der Waals surface area contributed by atoms with E-state index in [0.717, 1.165) is 34.9 Å². The third kappa shape index (κ3) is 3.13. The first-order valence-electron chi connectivity index (χ1n) is 8.55. The van der Waals surface area contributed by atoms with Gasteiger partial charge in [-0.25, -0.2) is 4.68 Å². The van der Waals surface area contributed by atoms with Gasteiger partial charge in [-0.1, -0.05) is 0 Å². The molecule has 0 N–H and O–H groups in total. The molecular weight excluding hydrogens is 338 g/mol. The number of carbonyl (C=O) groups is 1. The minimum Gasteiger partial charge on any atom is -0.466 e. The van der Waals surface area contributed by atoms with Gasteiger partial charge in [0, 0.05) is 37.2 Å². The quantitative estimate of drug-likeness (QED) is 0.839. The van der Waals surface area contributed by atoms with Crippen LogP contribution in [0.1, 0.15) is 33.1 Å². The normalized spacial score (nSPS) is 17.3. The molecule has 0 aliphatic carbocycles. The summed E-state index contributed by atoms with van der Waals surface area (Å²) in [7, 11) is 0. The van der Waals surface area contributed by atoms with Crippen molar-refractivity contribution in [3.05, 3.63) is 50.8 Å². The van der Waals surface area contributed by atoms with Gasteiger partial charge < -0.3 is 9.32 Å². The number of aromatic nitrogens is 2. The second kappa shape index (κ2) is 6.37. The van der Waals surface area contributed by atoms with Crippen molar-refractivity contribution in [1.29, 1.82) is 0 Å². The summed E-state index contributed by atoms with van der Waals surface area (Å²) in [5.74, 6) is 3.64. The van der Waals surface area contributed by atoms with Crippen molar-refractivity contribution < 1.29 is 9.21 Å². The molecule has 0 unspecified atom stereocenters. The molecule has 1 fully saturated rings. The topological polar surface area (TPSA) is 68.3 Å². The molecule has 2 aliphatic heterocycles. The minimum atomic E-state index is -0.0349. The van der Waals surface area contributed by atoms with Crippen molar-refractivity contribution in [3.8, 4) is 0 Å². The van der Waals surface area contributed by atoms with Crippen molar-refractivity contribution in [2.45, 2.75) is 32.6 Å². The van der Waals surface area contributed by atoms with Gasteiger partial charge in [0.05, 0.1) is 17.8 Å². The Bertz CT molecular complexity index is 880. The predicted octanol–water partition coefficient (Wildman–Crippen LogP) is 2.01. The van der Waals surface area contributed by atoms with E-state index in [1.807, 2.05) is 30.5 Å². The van der Waals surface area contributed by atoms with Crippen molar-refractivity contribution in [1.82, 2.24) is 14.7 Å². The van der Waals surface area contributed by atoms with Crippen LogP contribution >= 0.6 is 11.8 Å². The highest BCUT2D eigenvalue weighted by Crippen LogP contribution is 2.24. The number of fused-ring (bicyclic) bond motifs is 1. The average molecular weight is 359 g/mol. The smallest absolute Gasteiger partial charge is 0.267 e. The number of hydrogen-bond donors (Lipinski definition) is 0. The summed E-state index contributed by atoms with van der Waals surface area (Å²) in [5.41, 5.74) is 2.73. The lowest BCUT2D eigenvalue weighted by molar-refractivity contribution is 0.0456. The van der Waals surface area contributed by atoms with Crippen LogP contribution in [0.5, 0.6) is 0 Å². The van der Waals surface area contributed by atoms with Crippen LogP contribution in [-0.2, 0) is 18.7 Å². The predicted molar refractivity (Wildman–Crippen MR) is 95.9 cm³/mol. The van der Waals surface area contributed by atoms with E-state index in [4.69, 9.17) is 4.42 Å². The standard InChI is InChI=1S/C18H21N3O3S/c1-11-5-15(12(2)24-11)18(23)20-7-13(8-20)9-21-17(22)6-14-10-25-4-3-16(14)19-21/h5-6,13H,3-4,7-10H2,1-2H3. The lowest BCUT2D eigenvalue weighted by Crippen LogP contribution is -2.52. The van der Waals surface area contributed by atoms with Gasteiger partial charge in [0.25, 0.3) is 11.5 Å². The van der Waals surface area contributed by atoms with Gasteiger partial charge in [0.2, 0.25) is 0 Å². The lowest BCUT2D eigenvalue weighted by Gasteiger charge is -2.39. The van der Waals surface area contributed by atoms with Crippen molar-refractivity contribution in [2.24, 2.45) is 5.92 Å². The van der Waals surface area contributed by atoms with Crippen LogP contribution < -0.4 is 5.56 Å². The number of aryl methyl sites for hydroxylation is 3. The largest absolute Gasteiger partial charge is 0.466 e. The average Bonchev–Trinajstić information content (AvgIpc) is 2.88.